The molecule has 0 aliphatic heterocycles. The number of hydrogen-bond donors (Lipinski definition) is 0. The molecule has 0 heteroatoms. The standard InChI is InChI=1S/C28H50/c1-19(2)20(3)10-11-21(4)24-14-15-25-23-13-12-22-9-7-8-17-27(22,5)26(23)16-18-28(24,25)6/h19-26H,7-18H2,1-6H3/t20-,21-,22?,23-,24-,25-,26-,27-,28+/m0/s1. The fourth-order valence-corrected chi connectivity index (χ4v) is 9.33. The fraction of sp³-hybridized carbons (Fsp3) is 1.00. The number of hydrogen-bond acceptors (Lipinski definition) is 0. The predicted octanol–water partition coefficient (Wildman–Crippen LogP) is 8.74. The maximum Gasteiger partial charge on any atom is -0.0264 e. The van der Waals surface area contributed by atoms with Gasteiger partial charge >= 0.3 is 0 Å². The first-order chi connectivity index (χ1) is 13.3. The van der Waals surface area contributed by atoms with Crippen molar-refractivity contribution in [2.24, 2.45) is 58.2 Å². The molecule has 0 aromatic heterocycles. The smallest absolute Gasteiger partial charge is 0.0264 e. The highest BCUT2D eigenvalue weighted by atomic mass is 14.6. The third-order valence-corrected chi connectivity index (χ3v) is 11.6. The molecular weight excluding hydrogens is 336 g/mol. The fourth-order valence-electron chi connectivity index (χ4n) is 9.33. The lowest BCUT2D eigenvalue weighted by Crippen LogP contribution is -2.53. The Morgan fingerprint density at radius 3 is 2.21 bits per heavy atom. The van der Waals surface area contributed by atoms with E-state index < -0.39 is 0 Å². The lowest BCUT2D eigenvalue weighted by molar-refractivity contribution is -0.114. The third kappa shape index (κ3) is 3.41. The summed E-state index contributed by atoms with van der Waals surface area (Å²) in [6.45, 7) is 15.4. The summed E-state index contributed by atoms with van der Waals surface area (Å²) in [5, 5.41) is 0. The molecule has 4 aliphatic rings. The molecule has 0 heterocycles. The van der Waals surface area contributed by atoms with Crippen LogP contribution >= 0.6 is 0 Å². The molecule has 28 heavy (non-hydrogen) atoms. The van der Waals surface area contributed by atoms with Crippen LogP contribution in [0.4, 0.5) is 0 Å². The highest BCUT2D eigenvalue weighted by molar-refractivity contribution is 5.09. The summed E-state index contributed by atoms with van der Waals surface area (Å²) in [7, 11) is 0. The number of rotatable bonds is 5. The first-order valence-electron chi connectivity index (χ1n) is 13.3. The van der Waals surface area contributed by atoms with Gasteiger partial charge in [-0.15, -0.1) is 0 Å². The van der Waals surface area contributed by atoms with Crippen molar-refractivity contribution in [3.05, 3.63) is 0 Å². The van der Waals surface area contributed by atoms with Crippen LogP contribution in [0.2, 0.25) is 0 Å². The molecular formula is C28H50. The Morgan fingerprint density at radius 2 is 1.46 bits per heavy atom. The molecule has 0 N–H and O–H groups in total. The van der Waals surface area contributed by atoms with Gasteiger partial charge in [-0.25, -0.2) is 0 Å². The van der Waals surface area contributed by atoms with Gasteiger partial charge in [0.2, 0.25) is 0 Å². The highest BCUT2D eigenvalue weighted by Gasteiger charge is 2.60. The minimum atomic E-state index is 0.666. The maximum atomic E-state index is 2.75. The van der Waals surface area contributed by atoms with E-state index >= 15 is 0 Å². The van der Waals surface area contributed by atoms with Crippen LogP contribution in [-0.4, -0.2) is 0 Å². The van der Waals surface area contributed by atoms with Gasteiger partial charge < -0.3 is 0 Å². The Kier molecular flexibility index (Phi) is 6.01. The van der Waals surface area contributed by atoms with Crippen LogP contribution in [0.5, 0.6) is 0 Å². The Labute approximate surface area is 177 Å². The Bertz CT molecular complexity index is 534. The van der Waals surface area contributed by atoms with Gasteiger partial charge in [0.25, 0.3) is 0 Å². The molecule has 0 aromatic rings. The second kappa shape index (κ2) is 7.92. The molecule has 0 saturated heterocycles. The third-order valence-electron chi connectivity index (χ3n) is 11.6. The quantitative estimate of drug-likeness (QED) is 0.443. The van der Waals surface area contributed by atoms with Gasteiger partial charge in [0.1, 0.15) is 0 Å². The van der Waals surface area contributed by atoms with Gasteiger partial charge in [-0.3, -0.25) is 0 Å². The molecule has 4 rings (SSSR count). The van der Waals surface area contributed by atoms with Crippen LogP contribution in [0, 0.1) is 58.2 Å². The van der Waals surface area contributed by atoms with Crippen molar-refractivity contribution in [2.75, 3.05) is 0 Å². The van der Waals surface area contributed by atoms with E-state index in [4.69, 9.17) is 0 Å². The largest absolute Gasteiger partial charge is 0.0625 e. The molecule has 4 saturated carbocycles. The van der Waals surface area contributed by atoms with Crippen molar-refractivity contribution in [3.63, 3.8) is 0 Å². The molecule has 0 nitrogen and oxygen atoms in total. The molecule has 0 bridgehead atoms. The molecule has 0 spiro atoms. The molecule has 0 amide bonds. The van der Waals surface area contributed by atoms with Gasteiger partial charge in [0.05, 0.1) is 0 Å². The zero-order valence-corrected chi connectivity index (χ0v) is 20.1. The minimum Gasteiger partial charge on any atom is -0.0625 e. The van der Waals surface area contributed by atoms with E-state index in [1.807, 2.05) is 0 Å². The van der Waals surface area contributed by atoms with Crippen molar-refractivity contribution >= 4 is 0 Å². The van der Waals surface area contributed by atoms with Gasteiger partial charge in [-0.1, -0.05) is 67.2 Å². The van der Waals surface area contributed by atoms with E-state index in [-0.39, 0.29) is 0 Å². The van der Waals surface area contributed by atoms with E-state index in [0.717, 1.165) is 47.3 Å². The van der Waals surface area contributed by atoms with Gasteiger partial charge in [-0.05, 0) is 110 Å². The van der Waals surface area contributed by atoms with Crippen LogP contribution in [0.3, 0.4) is 0 Å². The summed E-state index contributed by atoms with van der Waals surface area (Å²) in [6.07, 6.45) is 18.4. The van der Waals surface area contributed by atoms with Crippen LogP contribution in [0.1, 0.15) is 119 Å². The first kappa shape index (κ1) is 21.2. The van der Waals surface area contributed by atoms with Crippen LogP contribution in [0.25, 0.3) is 0 Å². The molecule has 162 valence electrons. The van der Waals surface area contributed by atoms with Gasteiger partial charge in [-0.2, -0.15) is 0 Å². The lowest BCUT2D eigenvalue weighted by Gasteiger charge is -2.61. The molecule has 9 atom stereocenters. The highest BCUT2D eigenvalue weighted by Crippen LogP contribution is 2.68. The summed E-state index contributed by atoms with van der Waals surface area (Å²) in [5.74, 6) is 7.96. The van der Waals surface area contributed by atoms with E-state index in [2.05, 4.69) is 41.5 Å². The van der Waals surface area contributed by atoms with Crippen molar-refractivity contribution < 1.29 is 0 Å². The SMILES string of the molecule is CC(C)[C@@H](C)CC[C@H](C)[C@@H]1CC[C@H]2[C@@H]3CCC4CCCC[C@]4(C)[C@H]3CC[C@@]21C. The van der Waals surface area contributed by atoms with Crippen LogP contribution in [-0.2, 0) is 0 Å². The second-order valence-corrected chi connectivity index (χ2v) is 12.9. The number of fused-ring (bicyclic) bond motifs is 5. The lowest BCUT2D eigenvalue weighted by atomic mass is 9.44. The predicted molar refractivity (Wildman–Crippen MR) is 122 cm³/mol. The summed E-state index contributed by atoms with van der Waals surface area (Å²) < 4.78 is 0. The van der Waals surface area contributed by atoms with E-state index in [9.17, 15) is 0 Å². The topological polar surface area (TPSA) is 0 Å². The first-order valence-corrected chi connectivity index (χ1v) is 13.3. The molecule has 0 radical (unpaired) electrons. The Morgan fingerprint density at radius 1 is 0.714 bits per heavy atom. The molecule has 4 aliphatic carbocycles. The zero-order valence-electron chi connectivity index (χ0n) is 20.1. The van der Waals surface area contributed by atoms with E-state index in [0.29, 0.717) is 10.8 Å². The van der Waals surface area contributed by atoms with Crippen LogP contribution < -0.4 is 0 Å². The second-order valence-electron chi connectivity index (χ2n) is 12.9. The average molecular weight is 387 g/mol. The Balaban J connectivity index is 1.46. The van der Waals surface area contributed by atoms with E-state index in [1.165, 1.54) is 25.7 Å². The Hall–Kier alpha value is 0. The summed E-state index contributed by atoms with van der Waals surface area (Å²) in [4.78, 5) is 0. The molecule has 4 fully saturated rings. The molecule has 0 aromatic carbocycles. The maximum absolute atomic E-state index is 2.75. The van der Waals surface area contributed by atoms with Gasteiger partial charge in [0, 0.05) is 0 Å². The summed E-state index contributed by atoms with van der Waals surface area (Å²) in [5.41, 5.74) is 1.37. The minimum absolute atomic E-state index is 0.666. The normalized spacial score (nSPS) is 47.9. The summed E-state index contributed by atoms with van der Waals surface area (Å²) >= 11 is 0. The van der Waals surface area contributed by atoms with Crippen molar-refractivity contribution in [1.29, 1.82) is 0 Å². The average Bonchev–Trinajstić information content (AvgIpc) is 3.02. The molecule has 1 unspecified atom stereocenters. The van der Waals surface area contributed by atoms with Crippen LogP contribution in [0.15, 0.2) is 0 Å². The van der Waals surface area contributed by atoms with Crippen molar-refractivity contribution in [1.82, 2.24) is 0 Å². The van der Waals surface area contributed by atoms with Crippen molar-refractivity contribution in [3.8, 4) is 0 Å². The monoisotopic (exact) mass is 386 g/mol. The zero-order chi connectivity index (χ0) is 20.1. The van der Waals surface area contributed by atoms with Gasteiger partial charge in [0.15, 0.2) is 0 Å². The summed E-state index contributed by atoms with van der Waals surface area (Å²) in [6, 6.07) is 0. The van der Waals surface area contributed by atoms with E-state index in [1.54, 1.807) is 51.4 Å². The van der Waals surface area contributed by atoms with Crippen molar-refractivity contribution in [2.45, 2.75) is 119 Å².